The van der Waals surface area contributed by atoms with Crippen molar-refractivity contribution in [2.24, 2.45) is 0 Å². The molecule has 1 nitrogen and oxygen atoms in total. The zero-order chi connectivity index (χ0) is 11.1. The molecule has 0 saturated carbocycles. The van der Waals surface area contributed by atoms with Gasteiger partial charge in [-0.3, -0.25) is 0 Å². The third-order valence-electron chi connectivity index (χ3n) is 2.16. The second kappa shape index (κ2) is 7.71. The van der Waals surface area contributed by atoms with Crippen LogP contribution in [0, 0.1) is 6.92 Å². The molecule has 15 heavy (non-hydrogen) atoms. The maximum Gasteiger partial charge on any atom is 0.0730 e. The first-order chi connectivity index (χ1) is 7.24. The Hall–Kier alpha value is 0.490. The SMILES string of the molecule is CSCCCCNCc1cc(C)c(Br)s1. The van der Waals surface area contributed by atoms with Gasteiger partial charge in [0.05, 0.1) is 3.79 Å². The van der Waals surface area contributed by atoms with Crippen LogP contribution in [0.3, 0.4) is 0 Å². The molecule has 1 N–H and O–H groups in total. The number of rotatable bonds is 7. The van der Waals surface area contributed by atoms with Gasteiger partial charge in [-0.25, -0.2) is 0 Å². The molecule has 0 bridgehead atoms. The molecule has 86 valence electrons. The average Bonchev–Trinajstić information content (AvgIpc) is 2.52. The lowest BCUT2D eigenvalue weighted by molar-refractivity contribution is 0.648. The number of thiophene rings is 1. The van der Waals surface area contributed by atoms with E-state index in [1.807, 2.05) is 23.1 Å². The van der Waals surface area contributed by atoms with Gasteiger partial charge < -0.3 is 5.32 Å². The lowest BCUT2D eigenvalue weighted by Crippen LogP contribution is -2.13. The summed E-state index contributed by atoms with van der Waals surface area (Å²) in [4.78, 5) is 1.42. The summed E-state index contributed by atoms with van der Waals surface area (Å²) >= 11 is 7.31. The van der Waals surface area contributed by atoms with Gasteiger partial charge in [0.15, 0.2) is 0 Å². The van der Waals surface area contributed by atoms with Crippen LogP contribution in [0.1, 0.15) is 23.3 Å². The Labute approximate surface area is 109 Å². The number of hydrogen-bond donors (Lipinski definition) is 1. The summed E-state index contributed by atoms with van der Waals surface area (Å²) in [5.74, 6) is 1.28. The van der Waals surface area contributed by atoms with E-state index in [4.69, 9.17) is 0 Å². The summed E-state index contributed by atoms with van der Waals surface area (Å²) in [6.07, 6.45) is 4.77. The Bertz CT molecular complexity index is 267. The van der Waals surface area contributed by atoms with Crippen LogP contribution >= 0.6 is 39.0 Å². The van der Waals surface area contributed by atoms with Crippen molar-refractivity contribution < 1.29 is 0 Å². The molecule has 1 rings (SSSR count). The lowest BCUT2D eigenvalue weighted by atomic mass is 10.3. The van der Waals surface area contributed by atoms with E-state index in [2.05, 4.69) is 40.5 Å². The Balaban J connectivity index is 2.10. The second-order valence-electron chi connectivity index (χ2n) is 3.55. The third kappa shape index (κ3) is 5.38. The predicted molar refractivity (Wildman–Crippen MR) is 76.1 cm³/mol. The molecule has 0 fully saturated rings. The molecule has 0 unspecified atom stereocenters. The molecule has 0 spiro atoms. The van der Waals surface area contributed by atoms with Crippen molar-refractivity contribution in [3.8, 4) is 0 Å². The molecular formula is C11H18BrNS2. The highest BCUT2D eigenvalue weighted by Crippen LogP contribution is 2.26. The number of unbranched alkanes of at least 4 members (excludes halogenated alkanes) is 1. The molecule has 0 aliphatic carbocycles. The van der Waals surface area contributed by atoms with E-state index in [0.717, 1.165) is 13.1 Å². The molecule has 4 heteroatoms. The van der Waals surface area contributed by atoms with Crippen molar-refractivity contribution >= 4 is 39.0 Å². The minimum atomic E-state index is 1.01. The van der Waals surface area contributed by atoms with E-state index in [1.165, 1.54) is 32.8 Å². The summed E-state index contributed by atoms with van der Waals surface area (Å²) in [6.45, 7) is 4.29. The van der Waals surface area contributed by atoms with Crippen molar-refractivity contribution in [1.82, 2.24) is 5.32 Å². The van der Waals surface area contributed by atoms with Crippen LogP contribution in [0.2, 0.25) is 0 Å². The summed E-state index contributed by atoms with van der Waals surface area (Å²) in [7, 11) is 0. The lowest BCUT2D eigenvalue weighted by Gasteiger charge is -2.01. The van der Waals surface area contributed by atoms with Crippen LogP contribution in [0.4, 0.5) is 0 Å². The first kappa shape index (κ1) is 13.6. The van der Waals surface area contributed by atoms with Crippen molar-refractivity contribution in [2.45, 2.75) is 26.3 Å². The van der Waals surface area contributed by atoms with Gasteiger partial charge in [0.2, 0.25) is 0 Å². The normalized spacial score (nSPS) is 10.9. The van der Waals surface area contributed by atoms with E-state index in [9.17, 15) is 0 Å². The fourth-order valence-corrected chi connectivity index (χ4v) is 3.41. The molecule has 1 aromatic rings. The molecule has 0 atom stereocenters. The fourth-order valence-electron chi connectivity index (χ4n) is 1.32. The zero-order valence-electron chi connectivity index (χ0n) is 9.31. The molecule has 0 radical (unpaired) electrons. The number of thioether (sulfide) groups is 1. The molecule has 0 aliphatic heterocycles. The van der Waals surface area contributed by atoms with Gasteiger partial charge in [0, 0.05) is 11.4 Å². The van der Waals surface area contributed by atoms with Crippen molar-refractivity contribution in [3.05, 3.63) is 20.3 Å². The highest BCUT2D eigenvalue weighted by atomic mass is 79.9. The van der Waals surface area contributed by atoms with E-state index in [-0.39, 0.29) is 0 Å². The van der Waals surface area contributed by atoms with Gasteiger partial charge in [0.25, 0.3) is 0 Å². The Kier molecular flexibility index (Phi) is 6.97. The van der Waals surface area contributed by atoms with Crippen LogP contribution in [0.25, 0.3) is 0 Å². The molecule has 0 amide bonds. The van der Waals surface area contributed by atoms with Gasteiger partial charge >= 0.3 is 0 Å². The topological polar surface area (TPSA) is 12.0 Å². The van der Waals surface area contributed by atoms with Crippen LogP contribution in [-0.2, 0) is 6.54 Å². The summed E-state index contributed by atoms with van der Waals surface area (Å²) in [5, 5.41) is 3.48. The van der Waals surface area contributed by atoms with Crippen molar-refractivity contribution in [1.29, 1.82) is 0 Å². The van der Waals surface area contributed by atoms with Gasteiger partial charge in [-0.05, 0) is 65.9 Å². The Morgan fingerprint density at radius 2 is 2.27 bits per heavy atom. The fraction of sp³-hybridized carbons (Fsp3) is 0.636. The quantitative estimate of drug-likeness (QED) is 0.763. The van der Waals surface area contributed by atoms with Crippen molar-refractivity contribution in [3.63, 3.8) is 0 Å². The summed E-state index contributed by atoms with van der Waals surface area (Å²) in [6, 6.07) is 2.25. The van der Waals surface area contributed by atoms with Gasteiger partial charge in [0.1, 0.15) is 0 Å². The van der Waals surface area contributed by atoms with Gasteiger partial charge in [-0.2, -0.15) is 11.8 Å². The summed E-state index contributed by atoms with van der Waals surface area (Å²) in [5.41, 5.74) is 1.35. The summed E-state index contributed by atoms with van der Waals surface area (Å²) < 4.78 is 1.27. The largest absolute Gasteiger partial charge is 0.312 e. The Morgan fingerprint density at radius 3 is 2.87 bits per heavy atom. The van der Waals surface area contributed by atoms with E-state index in [1.54, 1.807) is 0 Å². The molecule has 0 aromatic carbocycles. The first-order valence-electron chi connectivity index (χ1n) is 5.18. The minimum Gasteiger partial charge on any atom is -0.312 e. The van der Waals surface area contributed by atoms with Crippen LogP contribution in [0.5, 0.6) is 0 Å². The highest BCUT2D eigenvalue weighted by Gasteiger charge is 2.01. The molecule has 0 saturated heterocycles. The predicted octanol–water partition coefficient (Wildman–Crippen LogP) is 4.05. The number of nitrogens with one attached hydrogen (secondary N) is 1. The maximum atomic E-state index is 3.55. The average molecular weight is 308 g/mol. The molecule has 1 aromatic heterocycles. The number of hydrogen-bond acceptors (Lipinski definition) is 3. The standard InChI is InChI=1S/C11H18BrNS2/c1-9-7-10(15-11(9)12)8-13-5-3-4-6-14-2/h7,13H,3-6,8H2,1-2H3. The van der Waals surface area contributed by atoms with E-state index < -0.39 is 0 Å². The van der Waals surface area contributed by atoms with Gasteiger partial charge in [-0.15, -0.1) is 11.3 Å². The molecule has 0 aliphatic rings. The maximum absolute atomic E-state index is 3.55. The minimum absolute atomic E-state index is 1.01. The van der Waals surface area contributed by atoms with Crippen molar-refractivity contribution in [2.75, 3.05) is 18.6 Å². The van der Waals surface area contributed by atoms with Crippen LogP contribution in [0.15, 0.2) is 9.85 Å². The van der Waals surface area contributed by atoms with E-state index in [0.29, 0.717) is 0 Å². The smallest absolute Gasteiger partial charge is 0.0730 e. The molecular weight excluding hydrogens is 290 g/mol. The van der Waals surface area contributed by atoms with Crippen LogP contribution in [-0.4, -0.2) is 18.6 Å². The first-order valence-corrected chi connectivity index (χ1v) is 8.19. The monoisotopic (exact) mass is 307 g/mol. The zero-order valence-corrected chi connectivity index (χ0v) is 12.5. The number of halogens is 1. The molecule has 1 heterocycles. The number of aryl methyl sites for hydroxylation is 1. The van der Waals surface area contributed by atoms with E-state index >= 15 is 0 Å². The Morgan fingerprint density at radius 1 is 1.47 bits per heavy atom. The van der Waals surface area contributed by atoms with Gasteiger partial charge in [-0.1, -0.05) is 0 Å². The second-order valence-corrected chi connectivity index (χ2v) is 6.99. The third-order valence-corrected chi connectivity index (χ3v) is 4.99. The highest BCUT2D eigenvalue weighted by molar-refractivity contribution is 9.11. The van der Waals surface area contributed by atoms with Crippen LogP contribution < -0.4 is 5.32 Å².